The van der Waals surface area contributed by atoms with Gasteiger partial charge in [-0.05, 0) is 19.1 Å². The van der Waals surface area contributed by atoms with Gasteiger partial charge in [0.1, 0.15) is 11.2 Å². The zero-order chi connectivity index (χ0) is 23.5. The minimum Gasteiger partial charge on any atom is -0.477 e. The lowest BCUT2D eigenvalue weighted by Gasteiger charge is -2.36. The highest BCUT2D eigenvalue weighted by Crippen LogP contribution is 2.17. The number of anilines is 1. The van der Waals surface area contributed by atoms with Gasteiger partial charge in [0.15, 0.2) is 5.78 Å². The predicted octanol–water partition coefficient (Wildman–Crippen LogP) is 1.63. The Balaban J connectivity index is 1.47. The molecule has 0 atom stereocenters. The fourth-order valence-electron chi connectivity index (χ4n) is 3.74. The van der Waals surface area contributed by atoms with Crippen LogP contribution in [0.4, 0.5) is 5.95 Å². The van der Waals surface area contributed by atoms with Crippen LogP contribution in [0.25, 0.3) is 11.0 Å². The molecule has 1 aliphatic rings. The molecular weight excluding hydrogens is 444 g/mol. The van der Waals surface area contributed by atoms with Crippen molar-refractivity contribution in [3.05, 3.63) is 58.3 Å². The number of fused-ring (bicyclic) bond motifs is 1. The van der Waals surface area contributed by atoms with Crippen molar-refractivity contribution in [2.24, 2.45) is 0 Å². The van der Waals surface area contributed by atoms with Gasteiger partial charge in [-0.25, -0.2) is 9.78 Å². The number of carbonyl (C=O) groups excluding carboxylic acids is 1. The van der Waals surface area contributed by atoms with E-state index in [4.69, 9.17) is 12.2 Å². The highest BCUT2D eigenvalue weighted by atomic mass is 32.1. The second-order valence-electron chi connectivity index (χ2n) is 7.58. The van der Waals surface area contributed by atoms with E-state index in [-0.39, 0.29) is 23.2 Å². The summed E-state index contributed by atoms with van der Waals surface area (Å²) < 4.78 is 1.64. The van der Waals surface area contributed by atoms with Crippen LogP contribution in [-0.2, 0) is 6.54 Å². The zero-order valence-electron chi connectivity index (χ0n) is 18.0. The van der Waals surface area contributed by atoms with Gasteiger partial charge in [0.05, 0.1) is 16.8 Å². The largest absolute Gasteiger partial charge is 0.477 e. The van der Waals surface area contributed by atoms with E-state index in [0.29, 0.717) is 54.9 Å². The van der Waals surface area contributed by atoms with Gasteiger partial charge >= 0.3 is 5.97 Å². The van der Waals surface area contributed by atoms with Crippen molar-refractivity contribution in [2.75, 3.05) is 31.1 Å². The second kappa shape index (κ2) is 9.41. The summed E-state index contributed by atoms with van der Waals surface area (Å²) in [5.74, 6) is -0.877. The lowest BCUT2D eigenvalue weighted by atomic mass is 10.1. The Bertz CT molecular complexity index is 1290. The first-order chi connectivity index (χ1) is 15.9. The Morgan fingerprint density at radius 3 is 2.58 bits per heavy atom. The summed E-state index contributed by atoms with van der Waals surface area (Å²) in [6, 6.07) is 3.45. The third kappa shape index (κ3) is 4.58. The van der Waals surface area contributed by atoms with Crippen LogP contribution in [-0.4, -0.2) is 72.4 Å². The summed E-state index contributed by atoms with van der Waals surface area (Å²) in [5.41, 5.74) is 0.0412. The number of carboxylic acid groups (broad SMARTS) is 1. The number of thiocarbonyl (C=S) groups is 1. The first kappa shape index (κ1) is 22.5. The lowest BCUT2D eigenvalue weighted by Crippen LogP contribution is -2.49. The normalized spacial score (nSPS) is 13.8. The SMILES string of the molecule is CCn1cc(C(=O)O)c(=O)c2cnc(N3CCN(C(=S)CC(=O)c4cccnc4)CC3)nc21. The number of pyridine rings is 2. The highest BCUT2D eigenvalue weighted by Gasteiger charge is 2.23. The fraction of sp³-hybridized carbons (Fsp3) is 0.318. The number of aromatic carboxylic acids is 1. The quantitative estimate of drug-likeness (QED) is 0.424. The summed E-state index contributed by atoms with van der Waals surface area (Å²) in [7, 11) is 0. The van der Waals surface area contributed by atoms with Crippen molar-refractivity contribution in [1.29, 1.82) is 0 Å². The van der Waals surface area contributed by atoms with Crippen molar-refractivity contribution in [3.63, 3.8) is 0 Å². The number of rotatable bonds is 6. The number of hydrogen-bond acceptors (Lipinski definition) is 8. The van der Waals surface area contributed by atoms with Gasteiger partial charge in [0.2, 0.25) is 11.4 Å². The lowest BCUT2D eigenvalue weighted by molar-refractivity contribution is 0.0694. The van der Waals surface area contributed by atoms with Crippen molar-refractivity contribution in [1.82, 2.24) is 24.4 Å². The van der Waals surface area contributed by atoms with E-state index in [1.807, 2.05) is 16.7 Å². The maximum Gasteiger partial charge on any atom is 0.341 e. The Morgan fingerprint density at radius 2 is 1.94 bits per heavy atom. The molecule has 0 unspecified atom stereocenters. The van der Waals surface area contributed by atoms with E-state index >= 15 is 0 Å². The molecule has 10 nitrogen and oxygen atoms in total. The first-order valence-corrected chi connectivity index (χ1v) is 10.9. The van der Waals surface area contributed by atoms with E-state index in [1.54, 1.807) is 22.9 Å². The third-order valence-electron chi connectivity index (χ3n) is 5.58. The Labute approximate surface area is 194 Å². The van der Waals surface area contributed by atoms with Crippen LogP contribution in [0.15, 0.2) is 41.7 Å². The molecule has 0 aromatic carbocycles. The minimum atomic E-state index is -1.28. The first-order valence-electron chi connectivity index (χ1n) is 10.5. The minimum absolute atomic E-state index is 0.0633. The van der Waals surface area contributed by atoms with Gasteiger partial charge in [0, 0.05) is 63.1 Å². The number of aromatic nitrogens is 4. The number of ketones is 1. The second-order valence-corrected chi connectivity index (χ2v) is 8.05. The summed E-state index contributed by atoms with van der Waals surface area (Å²) >= 11 is 5.50. The van der Waals surface area contributed by atoms with Gasteiger partial charge in [-0.3, -0.25) is 14.6 Å². The third-order valence-corrected chi connectivity index (χ3v) is 5.99. The van der Waals surface area contributed by atoms with E-state index in [9.17, 15) is 19.5 Å². The maximum atomic E-state index is 12.5. The number of piperazine rings is 1. The molecule has 1 fully saturated rings. The molecule has 0 aliphatic carbocycles. The average molecular weight is 467 g/mol. The Hall–Kier alpha value is -3.73. The van der Waals surface area contributed by atoms with Gasteiger partial charge in [-0.1, -0.05) is 12.2 Å². The average Bonchev–Trinajstić information content (AvgIpc) is 2.84. The maximum absolute atomic E-state index is 12.5. The van der Waals surface area contributed by atoms with Crippen LogP contribution in [0, 0.1) is 0 Å². The fourth-order valence-corrected chi connectivity index (χ4v) is 4.06. The summed E-state index contributed by atoms with van der Waals surface area (Å²) in [5, 5.41) is 9.47. The molecule has 1 N–H and O–H groups in total. The number of nitrogens with zero attached hydrogens (tertiary/aromatic N) is 6. The molecule has 3 aromatic heterocycles. The molecular formula is C22H22N6O4S. The number of aryl methyl sites for hydroxylation is 1. The standard InChI is InChI=1S/C22H22N6O4S/c1-2-26-13-16(21(31)32)19(30)15-12-24-22(25-20(15)26)28-8-6-27(7-9-28)18(33)10-17(29)14-4-3-5-23-11-14/h3-5,11-13H,2,6-10H2,1H3,(H,31,32). The van der Waals surface area contributed by atoms with Gasteiger partial charge in [-0.15, -0.1) is 0 Å². The molecule has 0 bridgehead atoms. The molecule has 0 spiro atoms. The molecule has 4 rings (SSSR count). The van der Waals surface area contributed by atoms with Crippen LogP contribution in [0.2, 0.25) is 0 Å². The van der Waals surface area contributed by atoms with Crippen LogP contribution in [0.3, 0.4) is 0 Å². The molecule has 33 heavy (non-hydrogen) atoms. The molecule has 0 saturated carbocycles. The predicted molar refractivity (Wildman–Crippen MR) is 126 cm³/mol. The summed E-state index contributed by atoms with van der Waals surface area (Å²) in [6.07, 6.45) is 6.02. The van der Waals surface area contributed by atoms with Crippen molar-refractivity contribution in [2.45, 2.75) is 19.9 Å². The van der Waals surface area contributed by atoms with Crippen molar-refractivity contribution in [3.8, 4) is 0 Å². The number of Topliss-reactive ketones (excluding diaryl/α,β-unsaturated/α-hetero) is 1. The van der Waals surface area contributed by atoms with Gasteiger partial charge < -0.3 is 19.5 Å². The molecule has 1 aliphatic heterocycles. The Kier molecular flexibility index (Phi) is 6.40. The smallest absolute Gasteiger partial charge is 0.341 e. The van der Waals surface area contributed by atoms with E-state index < -0.39 is 11.4 Å². The Morgan fingerprint density at radius 1 is 1.18 bits per heavy atom. The van der Waals surface area contributed by atoms with Crippen molar-refractivity contribution >= 4 is 45.9 Å². The van der Waals surface area contributed by atoms with E-state index in [2.05, 4.69) is 15.0 Å². The number of hydrogen-bond donors (Lipinski definition) is 1. The molecule has 4 heterocycles. The van der Waals surface area contributed by atoms with Gasteiger partial charge in [0.25, 0.3) is 0 Å². The van der Waals surface area contributed by atoms with Crippen LogP contribution < -0.4 is 10.3 Å². The van der Waals surface area contributed by atoms with E-state index in [1.165, 1.54) is 18.6 Å². The molecule has 0 amide bonds. The summed E-state index contributed by atoms with van der Waals surface area (Å²) in [4.78, 5) is 53.7. The van der Waals surface area contributed by atoms with Crippen LogP contribution in [0.5, 0.6) is 0 Å². The number of carbonyl (C=O) groups is 2. The van der Waals surface area contributed by atoms with Crippen LogP contribution in [0.1, 0.15) is 34.1 Å². The van der Waals surface area contributed by atoms with Crippen molar-refractivity contribution < 1.29 is 14.7 Å². The molecule has 170 valence electrons. The summed E-state index contributed by atoms with van der Waals surface area (Å²) in [6.45, 7) is 4.72. The molecule has 0 radical (unpaired) electrons. The molecule has 11 heteroatoms. The van der Waals surface area contributed by atoms with E-state index in [0.717, 1.165) is 0 Å². The van der Waals surface area contributed by atoms with Gasteiger partial charge in [-0.2, -0.15) is 4.98 Å². The number of carboxylic acids is 1. The molecule has 3 aromatic rings. The molecule has 1 saturated heterocycles. The topological polar surface area (TPSA) is 122 Å². The highest BCUT2D eigenvalue weighted by molar-refractivity contribution is 7.80. The monoisotopic (exact) mass is 466 g/mol. The zero-order valence-corrected chi connectivity index (χ0v) is 18.8. The van der Waals surface area contributed by atoms with Crippen LogP contribution >= 0.6 is 12.2 Å².